The van der Waals surface area contributed by atoms with Gasteiger partial charge in [-0.05, 0) is 51.0 Å². The average molecular weight is 370 g/mol. The number of benzene rings is 1. The molecule has 1 fully saturated rings. The van der Waals surface area contributed by atoms with Crippen LogP contribution >= 0.6 is 0 Å². The molecule has 7 heteroatoms. The van der Waals surface area contributed by atoms with Crippen LogP contribution in [-0.4, -0.2) is 29.8 Å². The molecule has 144 valence electrons. The first-order chi connectivity index (χ1) is 12.9. The first-order valence-corrected chi connectivity index (χ1v) is 9.32. The number of rotatable bonds is 6. The first-order valence-electron chi connectivity index (χ1n) is 9.32. The van der Waals surface area contributed by atoms with Crippen molar-refractivity contribution in [1.29, 1.82) is 5.26 Å². The number of ketones is 1. The molecule has 3 amide bonds. The van der Waals surface area contributed by atoms with Gasteiger partial charge in [-0.3, -0.25) is 9.59 Å². The van der Waals surface area contributed by atoms with E-state index in [2.05, 4.69) is 16.0 Å². The predicted molar refractivity (Wildman–Crippen MR) is 102 cm³/mol. The molecular weight excluding hydrogens is 344 g/mol. The molecular formula is C20H26N4O3. The van der Waals surface area contributed by atoms with Crippen LogP contribution in [0.2, 0.25) is 0 Å². The van der Waals surface area contributed by atoms with Gasteiger partial charge in [0, 0.05) is 23.3 Å². The summed E-state index contributed by atoms with van der Waals surface area (Å²) >= 11 is 0. The Morgan fingerprint density at radius 3 is 2.26 bits per heavy atom. The number of urea groups is 1. The van der Waals surface area contributed by atoms with Crippen molar-refractivity contribution in [2.45, 2.75) is 58.0 Å². The molecule has 7 nitrogen and oxygen atoms in total. The van der Waals surface area contributed by atoms with Crippen LogP contribution in [0.1, 0.15) is 56.3 Å². The van der Waals surface area contributed by atoms with E-state index in [0.29, 0.717) is 5.69 Å². The fraction of sp³-hybridized carbons (Fsp3) is 0.500. The fourth-order valence-electron chi connectivity index (χ4n) is 3.08. The maximum absolute atomic E-state index is 12.6. The highest BCUT2D eigenvalue weighted by atomic mass is 16.2. The van der Waals surface area contributed by atoms with Crippen LogP contribution in [0, 0.1) is 17.2 Å². The number of hydrogen-bond acceptors (Lipinski definition) is 4. The number of anilines is 1. The highest BCUT2D eigenvalue weighted by Gasteiger charge is 2.29. The van der Waals surface area contributed by atoms with Crippen molar-refractivity contribution in [2.24, 2.45) is 5.92 Å². The van der Waals surface area contributed by atoms with Gasteiger partial charge in [-0.15, -0.1) is 0 Å². The molecule has 0 bridgehead atoms. The summed E-state index contributed by atoms with van der Waals surface area (Å²) in [5.74, 6) is -2.44. The topological polar surface area (TPSA) is 111 Å². The largest absolute Gasteiger partial charge is 0.352 e. The Morgan fingerprint density at radius 1 is 1.07 bits per heavy atom. The molecule has 1 aromatic rings. The Hall–Kier alpha value is -2.88. The summed E-state index contributed by atoms with van der Waals surface area (Å²) in [7, 11) is 0. The van der Waals surface area contributed by atoms with Crippen molar-refractivity contribution in [3.63, 3.8) is 0 Å². The summed E-state index contributed by atoms with van der Waals surface area (Å²) in [6.07, 6.45) is 5.03. The second kappa shape index (κ2) is 9.72. The third kappa shape index (κ3) is 6.10. The van der Waals surface area contributed by atoms with E-state index in [1.54, 1.807) is 12.1 Å². The van der Waals surface area contributed by atoms with Gasteiger partial charge in [0.25, 0.3) is 0 Å². The number of nitrogens with zero attached hydrogens (tertiary/aromatic N) is 1. The summed E-state index contributed by atoms with van der Waals surface area (Å²) in [5.41, 5.74) is 0.778. The standard InChI is InChI=1S/C20H26N4O3/c1-13(2)22-20(27)24-16-10-8-14(9-11-16)18(25)17(12-21)19(26)23-15-6-4-3-5-7-15/h8-11,13,15,17H,3-7H2,1-2H3,(H,23,26)(H2,22,24,27). The minimum atomic E-state index is -1.37. The Bertz CT molecular complexity index is 716. The normalized spacial score (nSPS) is 15.5. The van der Waals surface area contributed by atoms with Crippen LogP contribution in [0.5, 0.6) is 0 Å². The van der Waals surface area contributed by atoms with E-state index in [9.17, 15) is 19.6 Å². The van der Waals surface area contributed by atoms with Crippen molar-refractivity contribution < 1.29 is 14.4 Å². The van der Waals surface area contributed by atoms with Crippen LogP contribution in [0.4, 0.5) is 10.5 Å². The number of amides is 3. The van der Waals surface area contributed by atoms with E-state index < -0.39 is 17.6 Å². The lowest BCUT2D eigenvalue weighted by Crippen LogP contribution is -2.42. The van der Waals surface area contributed by atoms with E-state index in [0.717, 1.165) is 32.1 Å². The van der Waals surface area contributed by atoms with Crippen molar-refractivity contribution in [3.8, 4) is 6.07 Å². The summed E-state index contributed by atoms with van der Waals surface area (Å²) in [5, 5.41) is 17.5. The molecule has 2 rings (SSSR count). The molecule has 1 atom stereocenters. The lowest BCUT2D eigenvalue weighted by molar-refractivity contribution is -0.123. The van der Waals surface area contributed by atoms with E-state index in [-0.39, 0.29) is 23.7 Å². The molecule has 0 aliphatic heterocycles. The number of nitrogens with one attached hydrogen (secondary N) is 3. The van der Waals surface area contributed by atoms with Gasteiger partial charge >= 0.3 is 6.03 Å². The number of Topliss-reactive ketones (excluding diaryl/α,β-unsaturated/α-hetero) is 1. The zero-order valence-corrected chi connectivity index (χ0v) is 15.7. The van der Waals surface area contributed by atoms with Gasteiger partial charge in [0.15, 0.2) is 11.7 Å². The Morgan fingerprint density at radius 2 is 1.70 bits per heavy atom. The predicted octanol–water partition coefficient (Wildman–Crippen LogP) is 2.99. The molecule has 0 heterocycles. The van der Waals surface area contributed by atoms with E-state index in [1.165, 1.54) is 12.1 Å². The number of carbonyl (C=O) groups excluding carboxylic acids is 3. The number of nitriles is 1. The molecule has 27 heavy (non-hydrogen) atoms. The third-order valence-electron chi connectivity index (χ3n) is 4.45. The minimum Gasteiger partial charge on any atom is -0.352 e. The van der Waals surface area contributed by atoms with Crippen LogP contribution < -0.4 is 16.0 Å². The second-order valence-electron chi connectivity index (χ2n) is 7.10. The molecule has 3 N–H and O–H groups in total. The lowest BCUT2D eigenvalue weighted by atomic mass is 9.93. The van der Waals surface area contributed by atoms with Gasteiger partial charge in [0.05, 0.1) is 6.07 Å². The number of hydrogen-bond donors (Lipinski definition) is 3. The van der Waals surface area contributed by atoms with Crippen LogP contribution in [0.15, 0.2) is 24.3 Å². The molecule has 0 saturated heterocycles. The van der Waals surface area contributed by atoms with Crippen molar-refractivity contribution in [3.05, 3.63) is 29.8 Å². The van der Waals surface area contributed by atoms with E-state index >= 15 is 0 Å². The smallest absolute Gasteiger partial charge is 0.319 e. The van der Waals surface area contributed by atoms with Crippen molar-refractivity contribution >= 4 is 23.4 Å². The SMILES string of the molecule is CC(C)NC(=O)Nc1ccc(C(=O)C(C#N)C(=O)NC2CCCCC2)cc1. The summed E-state index contributed by atoms with van der Waals surface area (Å²) in [4.78, 5) is 36.6. The van der Waals surface area contributed by atoms with Gasteiger partial charge in [0.2, 0.25) is 5.91 Å². The van der Waals surface area contributed by atoms with Crippen molar-refractivity contribution in [1.82, 2.24) is 10.6 Å². The molecule has 1 aromatic carbocycles. The maximum atomic E-state index is 12.6. The summed E-state index contributed by atoms with van der Waals surface area (Å²) in [6, 6.07) is 7.67. The van der Waals surface area contributed by atoms with Crippen molar-refractivity contribution in [2.75, 3.05) is 5.32 Å². The highest BCUT2D eigenvalue weighted by molar-refractivity contribution is 6.12. The number of carbonyl (C=O) groups is 3. The van der Waals surface area contributed by atoms with Crippen LogP contribution in [-0.2, 0) is 4.79 Å². The zero-order chi connectivity index (χ0) is 19.8. The van der Waals surface area contributed by atoms with Gasteiger partial charge in [-0.25, -0.2) is 4.79 Å². The Labute approximate surface area is 159 Å². The van der Waals surface area contributed by atoms with Crippen LogP contribution in [0.3, 0.4) is 0 Å². The molecule has 0 radical (unpaired) electrons. The monoisotopic (exact) mass is 370 g/mol. The van der Waals surface area contributed by atoms with Gasteiger partial charge in [0.1, 0.15) is 0 Å². The Balaban J connectivity index is 1.98. The molecule has 0 spiro atoms. The quantitative estimate of drug-likeness (QED) is 0.528. The van der Waals surface area contributed by atoms with Gasteiger partial charge < -0.3 is 16.0 Å². The molecule has 1 unspecified atom stereocenters. The molecule has 1 aliphatic rings. The zero-order valence-electron chi connectivity index (χ0n) is 15.7. The summed E-state index contributed by atoms with van der Waals surface area (Å²) in [6.45, 7) is 3.70. The Kier molecular flexibility index (Phi) is 7.35. The minimum absolute atomic E-state index is 0.00455. The fourth-order valence-corrected chi connectivity index (χ4v) is 3.08. The van der Waals surface area contributed by atoms with Gasteiger partial charge in [-0.1, -0.05) is 19.3 Å². The highest BCUT2D eigenvalue weighted by Crippen LogP contribution is 2.19. The third-order valence-corrected chi connectivity index (χ3v) is 4.45. The molecule has 1 aliphatic carbocycles. The van der Waals surface area contributed by atoms with Crippen LogP contribution in [0.25, 0.3) is 0 Å². The second-order valence-corrected chi connectivity index (χ2v) is 7.10. The van der Waals surface area contributed by atoms with Gasteiger partial charge in [-0.2, -0.15) is 5.26 Å². The lowest BCUT2D eigenvalue weighted by Gasteiger charge is -2.23. The average Bonchev–Trinajstić information content (AvgIpc) is 2.63. The molecule has 1 saturated carbocycles. The maximum Gasteiger partial charge on any atom is 0.319 e. The van der Waals surface area contributed by atoms with E-state index in [1.807, 2.05) is 19.9 Å². The summed E-state index contributed by atoms with van der Waals surface area (Å²) < 4.78 is 0. The first kappa shape index (κ1) is 20.4. The van der Waals surface area contributed by atoms with E-state index in [4.69, 9.17) is 0 Å². The molecule has 0 aromatic heterocycles.